The number of ether oxygens (including phenoxy) is 5. The average Bonchev–Trinajstić information content (AvgIpc) is 3.44. The maximum absolute atomic E-state index is 14.0. The predicted octanol–water partition coefficient (Wildman–Crippen LogP) is 7.74. The summed E-state index contributed by atoms with van der Waals surface area (Å²) in [5, 5.41) is 37.3. The molecule has 0 bridgehead atoms. The maximum atomic E-state index is 14.0. The van der Waals surface area contributed by atoms with Gasteiger partial charge in [-0.15, -0.1) is 0 Å². The summed E-state index contributed by atoms with van der Waals surface area (Å²) in [6.45, 7) is 1.80. The minimum atomic E-state index is -1.08. The highest BCUT2D eigenvalue weighted by Crippen LogP contribution is 2.39. The van der Waals surface area contributed by atoms with Crippen LogP contribution in [0.25, 0.3) is 22.1 Å². The third-order valence-corrected chi connectivity index (χ3v) is 10.8. The van der Waals surface area contributed by atoms with Gasteiger partial charge in [-0.25, -0.2) is 27.5 Å². The quantitative estimate of drug-likeness (QED) is 0.0421. The maximum Gasteiger partial charge on any atom is 0.313 e. The van der Waals surface area contributed by atoms with E-state index in [1.807, 2.05) is 38.0 Å². The van der Waals surface area contributed by atoms with E-state index in [0.29, 0.717) is 29.4 Å². The van der Waals surface area contributed by atoms with Crippen LogP contribution in [0.1, 0.15) is 0 Å². The van der Waals surface area contributed by atoms with E-state index in [-0.39, 0.29) is 93.7 Å². The van der Waals surface area contributed by atoms with Gasteiger partial charge < -0.3 is 49.2 Å². The number of rotatable bonds is 18. The Hall–Kier alpha value is -9.61. The molecule has 0 saturated carbocycles. The second kappa shape index (κ2) is 26.0. The van der Waals surface area contributed by atoms with Crippen molar-refractivity contribution >= 4 is 56.7 Å². The summed E-state index contributed by atoms with van der Waals surface area (Å²) in [6, 6.07) is 12.4. The molecule has 4 aromatic carbocycles. The van der Waals surface area contributed by atoms with Crippen LogP contribution < -0.4 is 45.4 Å². The molecule has 0 aliphatic carbocycles. The normalized spacial score (nSPS) is 10.9. The lowest BCUT2D eigenvalue weighted by Gasteiger charge is -2.15. The average molecular weight is 1110 g/mol. The van der Waals surface area contributed by atoms with Gasteiger partial charge in [0.2, 0.25) is 23.5 Å². The minimum Gasteiger partial charge on any atom is -0.494 e. The molecule has 0 spiro atoms. The van der Waals surface area contributed by atoms with E-state index in [1.165, 1.54) is 69.5 Å². The van der Waals surface area contributed by atoms with Gasteiger partial charge in [0.1, 0.15) is 41.0 Å². The summed E-state index contributed by atoms with van der Waals surface area (Å²) in [5.41, 5.74) is -1.83. The van der Waals surface area contributed by atoms with Gasteiger partial charge in [0.05, 0.1) is 42.0 Å². The van der Waals surface area contributed by atoms with Gasteiger partial charge in [-0.1, -0.05) is 0 Å². The van der Waals surface area contributed by atoms with E-state index in [1.54, 1.807) is 0 Å². The van der Waals surface area contributed by atoms with Crippen LogP contribution in [0, 0.1) is 49.3 Å². The first kappa shape index (κ1) is 58.6. The molecule has 4 heterocycles. The van der Waals surface area contributed by atoms with Gasteiger partial charge >= 0.3 is 11.4 Å². The lowest BCUT2D eigenvalue weighted by Crippen LogP contribution is -2.20. The number of benzene rings is 4. The molecule has 79 heavy (non-hydrogen) atoms. The number of methoxy groups -OCH3 is 2. The number of nitrogens with one attached hydrogen (secondary N) is 2. The number of aromatic nitrogens is 6. The molecule has 0 aliphatic rings. The number of halogens is 5. The third-order valence-electron chi connectivity index (χ3n) is 10.8. The van der Waals surface area contributed by atoms with Crippen molar-refractivity contribution in [3.8, 4) is 40.2 Å². The molecular weight excluding hydrogens is 1060 g/mol. The van der Waals surface area contributed by atoms with Crippen molar-refractivity contribution < 1.29 is 60.6 Å². The van der Waals surface area contributed by atoms with Crippen LogP contribution in [-0.2, 0) is 14.1 Å². The molecule has 8 rings (SSSR count). The second-order valence-corrected chi connectivity index (χ2v) is 17.0. The number of aryl methyl sites for hydroxylation is 2. The van der Waals surface area contributed by atoms with Crippen molar-refractivity contribution in [2.45, 2.75) is 0 Å². The number of hydrogen-bond donors (Lipinski definition) is 3. The van der Waals surface area contributed by atoms with Crippen molar-refractivity contribution in [2.75, 3.05) is 79.3 Å². The first-order chi connectivity index (χ1) is 37.5. The molecule has 0 atom stereocenters. The Balaban J connectivity index is 0.000000233. The molecule has 0 aliphatic heterocycles. The number of anilines is 4. The number of nitrogens with zero attached hydrogens (tertiary/aromatic N) is 10. The lowest BCUT2D eigenvalue weighted by molar-refractivity contribution is -0.387. The molecule has 4 aromatic heterocycles. The third kappa shape index (κ3) is 14.7. The van der Waals surface area contributed by atoms with E-state index >= 15 is 0 Å². The smallest absolute Gasteiger partial charge is 0.313 e. The Morgan fingerprint density at radius 3 is 1.42 bits per heavy atom. The first-order valence-corrected chi connectivity index (χ1v) is 23.0. The summed E-state index contributed by atoms with van der Waals surface area (Å²) in [6.07, 6.45) is 2.71. The summed E-state index contributed by atoms with van der Waals surface area (Å²) in [4.78, 5) is 67.6. The van der Waals surface area contributed by atoms with Gasteiger partial charge in [-0.3, -0.25) is 39.0 Å². The lowest BCUT2D eigenvalue weighted by atomic mass is 10.2. The standard InChI is InChI=1S/C25H24F2N6O6.C21H14F3N5O5.C4H11NO/c1-31(2)7-8-38-21-12-20(37-4)17(11-18(21)33(35)36)29-25-28-13-14-9-22(24(34)32(3)23(14)30-25)39-19-6-5-15(26)10-16(19)27;1-28-19-10(5-18(20(28)30)34-16-4-3-11(22)6-13(16)24)9-25-21(27-19)26-14-8-15(29(31)32)12(23)7-17(14)33-2;1-5(2)3-4-6/h5-6,9-13H,7-8H2,1-4H3,(H,28,29,30);3-9H,1-2H3,(H,25,26,27);6H,3-4H2,1-2H3. The fourth-order valence-electron chi connectivity index (χ4n) is 6.86. The topological polar surface area (TPSA) is 279 Å². The Morgan fingerprint density at radius 1 is 0.582 bits per heavy atom. The van der Waals surface area contributed by atoms with Gasteiger partial charge in [-0.2, -0.15) is 14.4 Å². The molecule has 416 valence electrons. The Morgan fingerprint density at radius 2 is 1.03 bits per heavy atom. The van der Waals surface area contributed by atoms with Crippen LogP contribution in [0.4, 0.5) is 56.6 Å². The summed E-state index contributed by atoms with van der Waals surface area (Å²) in [5.74, 6) is -5.57. The van der Waals surface area contributed by atoms with Gasteiger partial charge in [0, 0.05) is 86.7 Å². The second-order valence-electron chi connectivity index (χ2n) is 17.0. The van der Waals surface area contributed by atoms with Crippen LogP contribution in [0.2, 0.25) is 0 Å². The molecule has 8 aromatic rings. The Labute approximate surface area is 444 Å². The summed E-state index contributed by atoms with van der Waals surface area (Å²) in [7, 11) is 13.0. The Bertz CT molecular complexity index is 3680. The van der Waals surface area contributed by atoms with Gasteiger partial charge in [0.15, 0.2) is 34.6 Å². The van der Waals surface area contributed by atoms with Gasteiger partial charge in [0.25, 0.3) is 11.1 Å². The monoisotopic (exact) mass is 1100 g/mol. The van der Waals surface area contributed by atoms with Crippen LogP contribution in [0.15, 0.2) is 94.8 Å². The fraction of sp³-hybridized carbons (Fsp3) is 0.240. The highest BCUT2D eigenvalue weighted by atomic mass is 19.1. The van der Waals surface area contributed by atoms with Crippen molar-refractivity contribution in [3.05, 3.63) is 155 Å². The van der Waals surface area contributed by atoms with Crippen molar-refractivity contribution in [1.29, 1.82) is 0 Å². The zero-order chi connectivity index (χ0) is 57.8. The van der Waals surface area contributed by atoms with Crippen LogP contribution >= 0.6 is 0 Å². The fourth-order valence-corrected chi connectivity index (χ4v) is 6.86. The number of aliphatic hydroxyl groups excluding tert-OH is 1. The number of fused-ring (bicyclic) bond motifs is 2. The molecule has 0 radical (unpaired) electrons. The number of nitro benzene ring substituents is 2. The Kier molecular flexibility index (Phi) is 19.3. The number of pyridine rings is 2. The zero-order valence-corrected chi connectivity index (χ0v) is 43.2. The SMILES string of the molecule is CN(C)CCO.COc1cc(F)c([N+](=O)[O-])cc1Nc1ncc2cc(Oc3ccc(F)cc3F)c(=O)n(C)c2n1.COc1cc(OCCN(C)C)c([N+](=O)[O-])cc1Nc1ncc2cc(Oc3ccc(F)cc3F)c(=O)n(C)c2n1. The van der Waals surface area contributed by atoms with Crippen LogP contribution in [-0.4, -0.2) is 123 Å². The van der Waals surface area contributed by atoms with E-state index in [9.17, 15) is 51.8 Å². The van der Waals surface area contributed by atoms with Crippen molar-refractivity contribution in [3.63, 3.8) is 0 Å². The van der Waals surface area contributed by atoms with Crippen LogP contribution in [0.3, 0.4) is 0 Å². The number of aliphatic hydroxyl groups is 1. The zero-order valence-electron chi connectivity index (χ0n) is 43.2. The molecular formula is C50H49F5N12O12. The highest BCUT2D eigenvalue weighted by molar-refractivity contribution is 5.79. The van der Waals surface area contributed by atoms with Gasteiger partial charge in [-0.05, 0) is 64.6 Å². The molecule has 0 amide bonds. The molecule has 0 saturated heterocycles. The summed E-state index contributed by atoms with van der Waals surface area (Å²) < 4.78 is 97.2. The molecule has 3 N–H and O–H groups in total. The predicted molar refractivity (Wildman–Crippen MR) is 278 cm³/mol. The van der Waals surface area contributed by atoms with E-state index in [2.05, 4.69) is 30.6 Å². The number of likely N-dealkylation sites (N-methyl/N-ethyl adjacent to an activating group) is 2. The first-order valence-electron chi connectivity index (χ1n) is 23.0. The van der Waals surface area contributed by atoms with Crippen LogP contribution in [0.5, 0.6) is 40.2 Å². The van der Waals surface area contributed by atoms with E-state index in [0.717, 1.165) is 47.5 Å². The number of nitro groups is 2. The molecule has 24 nitrogen and oxygen atoms in total. The highest BCUT2D eigenvalue weighted by Gasteiger charge is 2.23. The molecule has 29 heteroatoms. The molecule has 0 fully saturated rings. The van der Waals surface area contributed by atoms with Crippen molar-refractivity contribution in [2.24, 2.45) is 14.1 Å². The molecule has 0 unspecified atom stereocenters. The number of hydrogen-bond acceptors (Lipinski definition) is 20. The minimum absolute atomic E-state index is 0.0182. The van der Waals surface area contributed by atoms with E-state index in [4.69, 9.17) is 28.8 Å². The van der Waals surface area contributed by atoms with Crippen molar-refractivity contribution in [1.82, 2.24) is 38.9 Å². The van der Waals surface area contributed by atoms with E-state index < -0.39 is 55.7 Å². The largest absolute Gasteiger partial charge is 0.494 e. The summed E-state index contributed by atoms with van der Waals surface area (Å²) >= 11 is 0.